The maximum atomic E-state index is 13.4. The molecule has 0 amide bonds. The van der Waals surface area contributed by atoms with Crippen molar-refractivity contribution in [2.45, 2.75) is 6.61 Å². The second-order valence-electron chi connectivity index (χ2n) is 3.55. The minimum atomic E-state index is -0.534. The molecule has 0 aliphatic heterocycles. The van der Waals surface area contributed by atoms with Crippen LogP contribution in [0.5, 0.6) is 11.5 Å². The number of benzene rings is 2. The van der Waals surface area contributed by atoms with E-state index in [1.54, 1.807) is 18.2 Å². The van der Waals surface area contributed by atoms with Crippen LogP contribution in [-0.2, 0) is 6.61 Å². The van der Waals surface area contributed by atoms with Gasteiger partial charge in [-0.2, -0.15) is 0 Å². The molecule has 94 valence electrons. The third-order valence-corrected chi connectivity index (χ3v) is 2.89. The molecular formula is C13H9Cl2FO2. The van der Waals surface area contributed by atoms with Gasteiger partial charge in [-0.05, 0) is 24.3 Å². The predicted octanol–water partition coefficient (Wildman–Crippen LogP) is 4.42. The first-order chi connectivity index (χ1) is 8.61. The van der Waals surface area contributed by atoms with Crippen LogP contribution in [0.1, 0.15) is 5.56 Å². The molecule has 0 saturated carbocycles. The van der Waals surface area contributed by atoms with Gasteiger partial charge in [0.25, 0.3) is 0 Å². The molecule has 0 unspecified atom stereocenters. The number of hydrogen-bond donors (Lipinski definition) is 1. The van der Waals surface area contributed by atoms with E-state index in [9.17, 15) is 4.39 Å². The average Bonchev–Trinajstić information content (AvgIpc) is 2.34. The summed E-state index contributed by atoms with van der Waals surface area (Å²) in [5.41, 5.74) is 0.0774. The largest absolute Gasteiger partial charge is 0.455 e. The van der Waals surface area contributed by atoms with Crippen LogP contribution in [-0.4, -0.2) is 5.11 Å². The molecule has 2 aromatic carbocycles. The van der Waals surface area contributed by atoms with Gasteiger partial charge in [0.15, 0.2) is 0 Å². The first kappa shape index (κ1) is 13.1. The van der Waals surface area contributed by atoms with Crippen molar-refractivity contribution < 1.29 is 14.2 Å². The highest BCUT2D eigenvalue weighted by Gasteiger charge is 2.11. The fourth-order valence-corrected chi connectivity index (χ4v) is 1.78. The molecule has 0 radical (unpaired) electrons. The highest BCUT2D eigenvalue weighted by atomic mass is 35.5. The molecule has 0 aliphatic rings. The van der Waals surface area contributed by atoms with E-state index in [2.05, 4.69) is 0 Å². The summed E-state index contributed by atoms with van der Waals surface area (Å²) in [6.45, 7) is -0.458. The van der Waals surface area contributed by atoms with E-state index in [1.807, 2.05) is 0 Å². The van der Waals surface area contributed by atoms with Gasteiger partial charge in [-0.25, -0.2) is 4.39 Å². The van der Waals surface area contributed by atoms with E-state index in [4.69, 9.17) is 33.0 Å². The molecule has 0 spiro atoms. The monoisotopic (exact) mass is 286 g/mol. The van der Waals surface area contributed by atoms with Crippen molar-refractivity contribution in [3.8, 4) is 11.5 Å². The van der Waals surface area contributed by atoms with E-state index in [-0.39, 0.29) is 11.3 Å². The van der Waals surface area contributed by atoms with Crippen molar-refractivity contribution >= 4 is 23.2 Å². The van der Waals surface area contributed by atoms with Gasteiger partial charge in [-0.3, -0.25) is 0 Å². The lowest BCUT2D eigenvalue weighted by Gasteiger charge is -2.11. The summed E-state index contributed by atoms with van der Waals surface area (Å²) in [7, 11) is 0. The predicted molar refractivity (Wildman–Crippen MR) is 68.9 cm³/mol. The molecule has 18 heavy (non-hydrogen) atoms. The Balaban J connectivity index is 2.40. The van der Waals surface area contributed by atoms with E-state index in [0.29, 0.717) is 15.8 Å². The molecule has 1 N–H and O–H groups in total. The summed E-state index contributed by atoms with van der Waals surface area (Å²) in [5.74, 6) is -0.0146. The lowest BCUT2D eigenvalue weighted by atomic mass is 10.2. The summed E-state index contributed by atoms with van der Waals surface area (Å²) in [6.07, 6.45) is 0. The fraction of sp³-hybridized carbons (Fsp3) is 0.0769. The smallest absolute Gasteiger partial charge is 0.147 e. The maximum Gasteiger partial charge on any atom is 0.147 e. The SMILES string of the molecule is OCc1c(F)cccc1Oc1cc(Cl)ccc1Cl. The van der Waals surface area contributed by atoms with Crippen LogP contribution in [0.2, 0.25) is 10.0 Å². The van der Waals surface area contributed by atoms with Crippen LogP contribution < -0.4 is 4.74 Å². The Bertz CT molecular complexity index is 573. The van der Waals surface area contributed by atoms with Crippen molar-refractivity contribution in [1.29, 1.82) is 0 Å². The molecule has 2 nitrogen and oxygen atoms in total. The summed E-state index contributed by atoms with van der Waals surface area (Å²) in [4.78, 5) is 0. The van der Waals surface area contributed by atoms with Gasteiger partial charge >= 0.3 is 0 Å². The Morgan fingerprint density at radius 3 is 2.61 bits per heavy atom. The number of rotatable bonds is 3. The number of ether oxygens (including phenoxy) is 1. The molecule has 0 atom stereocenters. The van der Waals surface area contributed by atoms with Gasteiger partial charge in [0.1, 0.15) is 17.3 Å². The number of hydrogen-bond acceptors (Lipinski definition) is 2. The van der Waals surface area contributed by atoms with E-state index < -0.39 is 12.4 Å². The van der Waals surface area contributed by atoms with Crippen LogP contribution in [0, 0.1) is 5.82 Å². The lowest BCUT2D eigenvalue weighted by molar-refractivity contribution is 0.270. The normalized spacial score (nSPS) is 10.4. The van der Waals surface area contributed by atoms with Crippen LogP contribution >= 0.6 is 23.2 Å². The molecule has 0 aliphatic carbocycles. The molecule has 0 heterocycles. The molecule has 2 aromatic rings. The zero-order valence-corrected chi connectivity index (χ0v) is 10.7. The van der Waals surface area contributed by atoms with Gasteiger partial charge in [0.2, 0.25) is 0 Å². The zero-order chi connectivity index (χ0) is 13.1. The highest BCUT2D eigenvalue weighted by molar-refractivity contribution is 6.34. The van der Waals surface area contributed by atoms with Crippen LogP contribution in [0.25, 0.3) is 0 Å². The third kappa shape index (κ3) is 2.75. The summed E-state index contributed by atoms with van der Waals surface area (Å²) >= 11 is 11.8. The van der Waals surface area contributed by atoms with Crippen molar-refractivity contribution in [1.82, 2.24) is 0 Å². The van der Waals surface area contributed by atoms with Gasteiger partial charge in [0.05, 0.1) is 17.2 Å². The Morgan fingerprint density at radius 1 is 1.11 bits per heavy atom. The molecule has 0 bridgehead atoms. The zero-order valence-electron chi connectivity index (χ0n) is 9.16. The maximum absolute atomic E-state index is 13.4. The van der Waals surface area contributed by atoms with Gasteiger partial charge in [-0.1, -0.05) is 29.3 Å². The molecule has 0 saturated heterocycles. The van der Waals surface area contributed by atoms with Crippen LogP contribution in [0.15, 0.2) is 36.4 Å². The van der Waals surface area contributed by atoms with Crippen molar-refractivity contribution in [2.75, 3.05) is 0 Å². The summed E-state index contributed by atoms with van der Waals surface area (Å²) in [5, 5.41) is 9.93. The second kappa shape index (κ2) is 5.57. The van der Waals surface area contributed by atoms with Crippen LogP contribution in [0.4, 0.5) is 4.39 Å². The van der Waals surface area contributed by atoms with Gasteiger partial charge in [0, 0.05) is 11.1 Å². The number of aliphatic hydroxyl groups is 1. The first-order valence-electron chi connectivity index (χ1n) is 5.13. The quantitative estimate of drug-likeness (QED) is 0.905. The lowest BCUT2D eigenvalue weighted by Crippen LogP contribution is -1.95. The number of aliphatic hydroxyl groups excluding tert-OH is 1. The molecule has 0 fully saturated rings. The Morgan fingerprint density at radius 2 is 1.89 bits per heavy atom. The molecular weight excluding hydrogens is 278 g/mol. The van der Waals surface area contributed by atoms with Crippen molar-refractivity contribution in [2.24, 2.45) is 0 Å². The summed E-state index contributed by atoms with van der Waals surface area (Å²) < 4.78 is 18.9. The van der Waals surface area contributed by atoms with Crippen molar-refractivity contribution in [3.05, 3.63) is 57.8 Å². The second-order valence-corrected chi connectivity index (χ2v) is 4.40. The first-order valence-corrected chi connectivity index (χ1v) is 5.88. The Kier molecular flexibility index (Phi) is 4.07. The molecule has 0 aromatic heterocycles. The van der Waals surface area contributed by atoms with Crippen LogP contribution in [0.3, 0.4) is 0 Å². The van der Waals surface area contributed by atoms with Gasteiger partial charge in [-0.15, -0.1) is 0 Å². The van der Waals surface area contributed by atoms with E-state index in [1.165, 1.54) is 18.2 Å². The minimum Gasteiger partial charge on any atom is -0.455 e. The van der Waals surface area contributed by atoms with E-state index >= 15 is 0 Å². The molecule has 2 rings (SSSR count). The minimum absolute atomic E-state index is 0.0774. The number of halogens is 3. The topological polar surface area (TPSA) is 29.5 Å². The highest BCUT2D eigenvalue weighted by Crippen LogP contribution is 2.34. The van der Waals surface area contributed by atoms with E-state index in [0.717, 1.165) is 0 Å². The third-order valence-electron chi connectivity index (χ3n) is 2.35. The van der Waals surface area contributed by atoms with Gasteiger partial charge < -0.3 is 9.84 Å². The Hall–Kier alpha value is -1.29. The molecule has 5 heteroatoms. The van der Waals surface area contributed by atoms with Crippen molar-refractivity contribution in [3.63, 3.8) is 0 Å². The fourth-order valence-electron chi connectivity index (χ4n) is 1.46. The summed E-state index contributed by atoms with van der Waals surface area (Å²) in [6, 6.07) is 9.01. The average molecular weight is 287 g/mol. The standard InChI is InChI=1S/C13H9Cl2FO2/c14-8-4-5-10(15)13(6-8)18-12-3-1-2-11(16)9(12)7-17/h1-6,17H,7H2. The Labute approximate surface area is 114 Å².